The first-order valence-corrected chi connectivity index (χ1v) is 8.90. The van der Waals surface area contributed by atoms with Crippen LogP contribution in [0.2, 0.25) is 0 Å². The first kappa shape index (κ1) is 18.5. The Morgan fingerprint density at radius 1 is 1.10 bits per heavy atom. The van der Waals surface area contributed by atoms with Crippen LogP contribution in [0.5, 0.6) is 11.5 Å². The Bertz CT molecular complexity index is 1150. The van der Waals surface area contributed by atoms with E-state index in [9.17, 15) is 14.4 Å². The molecule has 0 aliphatic carbocycles. The molecule has 0 saturated heterocycles. The predicted molar refractivity (Wildman–Crippen MR) is 102 cm³/mol. The summed E-state index contributed by atoms with van der Waals surface area (Å²) in [4.78, 5) is 36.4. The number of esters is 1. The van der Waals surface area contributed by atoms with Gasteiger partial charge in [-0.3, -0.25) is 9.59 Å². The van der Waals surface area contributed by atoms with E-state index in [2.05, 4.69) is 5.32 Å². The molecule has 1 N–H and O–H groups in total. The van der Waals surface area contributed by atoms with Crippen LogP contribution < -0.4 is 20.2 Å². The lowest BCUT2D eigenvalue weighted by Crippen LogP contribution is -2.31. The van der Waals surface area contributed by atoms with E-state index in [1.165, 1.54) is 0 Å². The third kappa shape index (κ3) is 3.91. The average molecular weight is 395 g/mol. The van der Waals surface area contributed by atoms with Gasteiger partial charge in [0.05, 0.1) is 11.4 Å². The minimum absolute atomic E-state index is 0.167. The molecule has 29 heavy (non-hydrogen) atoms. The van der Waals surface area contributed by atoms with Gasteiger partial charge in [0.1, 0.15) is 5.58 Å². The van der Waals surface area contributed by atoms with Gasteiger partial charge >= 0.3 is 5.97 Å². The molecule has 8 heteroatoms. The topological polar surface area (TPSA) is 104 Å². The Kier molecular flexibility index (Phi) is 4.90. The average Bonchev–Trinajstić information content (AvgIpc) is 3.19. The van der Waals surface area contributed by atoms with Crippen molar-refractivity contribution in [3.8, 4) is 11.5 Å². The quantitative estimate of drug-likeness (QED) is 0.662. The van der Waals surface area contributed by atoms with Gasteiger partial charge in [-0.25, -0.2) is 4.79 Å². The van der Waals surface area contributed by atoms with E-state index in [1.807, 2.05) is 6.07 Å². The van der Waals surface area contributed by atoms with Crippen LogP contribution >= 0.6 is 0 Å². The molecule has 148 valence electrons. The molecule has 1 atom stereocenters. The fourth-order valence-electron chi connectivity index (χ4n) is 2.96. The second-order valence-corrected chi connectivity index (χ2v) is 6.45. The van der Waals surface area contributed by atoms with Crippen LogP contribution in [-0.2, 0) is 9.53 Å². The maximum Gasteiger partial charge on any atom is 0.374 e. The van der Waals surface area contributed by atoms with Crippen molar-refractivity contribution in [3.63, 3.8) is 0 Å². The highest BCUT2D eigenvalue weighted by Gasteiger charge is 2.19. The molecule has 1 amide bonds. The normalized spacial score (nSPS) is 13.1. The van der Waals surface area contributed by atoms with E-state index in [0.717, 1.165) is 11.6 Å². The van der Waals surface area contributed by atoms with Crippen LogP contribution in [0.1, 0.15) is 29.1 Å². The van der Waals surface area contributed by atoms with Crippen LogP contribution in [0, 0.1) is 0 Å². The van der Waals surface area contributed by atoms with Gasteiger partial charge in [0.15, 0.2) is 23.5 Å². The number of amides is 1. The monoisotopic (exact) mass is 395 g/mol. The van der Waals surface area contributed by atoms with E-state index in [4.69, 9.17) is 18.6 Å². The summed E-state index contributed by atoms with van der Waals surface area (Å²) >= 11 is 0. The third-order valence-corrected chi connectivity index (χ3v) is 4.44. The Hall–Kier alpha value is -3.81. The van der Waals surface area contributed by atoms with Gasteiger partial charge in [-0.2, -0.15) is 0 Å². The first-order chi connectivity index (χ1) is 14.0. The molecule has 0 unspecified atom stereocenters. The van der Waals surface area contributed by atoms with Crippen LogP contribution in [-0.4, -0.2) is 25.3 Å². The first-order valence-electron chi connectivity index (χ1n) is 8.90. The molecule has 1 aliphatic heterocycles. The van der Waals surface area contributed by atoms with E-state index in [1.54, 1.807) is 43.3 Å². The minimum Gasteiger partial charge on any atom is -0.454 e. The molecule has 0 spiro atoms. The number of carbonyl (C=O) groups excluding carboxylic acids is 2. The zero-order valence-electron chi connectivity index (χ0n) is 15.5. The van der Waals surface area contributed by atoms with Crippen LogP contribution in [0.3, 0.4) is 0 Å². The van der Waals surface area contributed by atoms with Crippen LogP contribution in [0.25, 0.3) is 11.0 Å². The molecule has 0 bridgehead atoms. The summed E-state index contributed by atoms with van der Waals surface area (Å²) in [6.07, 6.45) is 0. The second kappa shape index (κ2) is 7.67. The van der Waals surface area contributed by atoms with Gasteiger partial charge in [0, 0.05) is 6.07 Å². The summed E-state index contributed by atoms with van der Waals surface area (Å²) < 4.78 is 21.0. The lowest BCUT2D eigenvalue weighted by Gasteiger charge is -2.14. The number of hydrogen-bond donors (Lipinski definition) is 1. The Morgan fingerprint density at radius 2 is 1.90 bits per heavy atom. The highest BCUT2D eigenvalue weighted by molar-refractivity contribution is 5.90. The number of fused-ring (bicyclic) bond motifs is 2. The molecule has 1 aliphatic rings. The predicted octanol–water partition coefficient (Wildman–Crippen LogP) is 2.56. The molecule has 4 rings (SSSR count). The van der Waals surface area contributed by atoms with Crippen molar-refractivity contribution < 1.29 is 28.2 Å². The number of nitrogens with one attached hydrogen (secondary N) is 1. The summed E-state index contributed by atoms with van der Waals surface area (Å²) in [5.41, 5.74) is 0.724. The fourth-order valence-corrected chi connectivity index (χ4v) is 2.96. The third-order valence-electron chi connectivity index (χ3n) is 4.44. The molecule has 1 aromatic heterocycles. The van der Waals surface area contributed by atoms with Gasteiger partial charge in [0.25, 0.3) is 5.91 Å². The maximum atomic E-state index is 12.2. The van der Waals surface area contributed by atoms with Crippen molar-refractivity contribution in [2.45, 2.75) is 13.0 Å². The number of hydrogen-bond acceptors (Lipinski definition) is 7. The summed E-state index contributed by atoms with van der Waals surface area (Å²) in [5, 5.41) is 3.09. The van der Waals surface area contributed by atoms with Crippen molar-refractivity contribution in [3.05, 3.63) is 70.1 Å². The van der Waals surface area contributed by atoms with Crippen molar-refractivity contribution in [1.82, 2.24) is 5.32 Å². The minimum atomic E-state index is -0.890. The van der Waals surface area contributed by atoms with Crippen molar-refractivity contribution in [1.29, 1.82) is 0 Å². The number of rotatable bonds is 5. The van der Waals surface area contributed by atoms with E-state index in [-0.39, 0.29) is 29.6 Å². The Morgan fingerprint density at radius 3 is 2.76 bits per heavy atom. The molecule has 2 heterocycles. The van der Waals surface area contributed by atoms with E-state index >= 15 is 0 Å². The summed E-state index contributed by atoms with van der Waals surface area (Å²) in [6.45, 7) is 1.45. The molecule has 0 saturated carbocycles. The van der Waals surface area contributed by atoms with Crippen LogP contribution in [0.15, 0.2) is 57.7 Å². The van der Waals surface area contributed by atoms with E-state index in [0.29, 0.717) is 16.9 Å². The number of carbonyl (C=O) groups is 2. The van der Waals surface area contributed by atoms with Crippen molar-refractivity contribution >= 4 is 22.8 Å². The standard InChI is InChI=1S/C21H17NO7/c1-12(13-6-7-17-18(8-13)28-11-27-17)22-20(24)10-26-21(25)19-9-15(23)14-4-2-3-5-16(14)29-19/h2-9,12H,10-11H2,1H3,(H,22,24)/t12-/m1/s1. The molecule has 2 aromatic carbocycles. The zero-order valence-corrected chi connectivity index (χ0v) is 15.5. The second-order valence-electron chi connectivity index (χ2n) is 6.45. The highest BCUT2D eigenvalue weighted by atomic mass is 16.7. The molecule has 8 nitrogen and oxygen atoms in total. The molecule has 3 aromatic rings. The molecule has 0 fully saturated rings. The maximum absolute atomic E-state index is 12.2. The number of benzene rings is 2. The highest BCUT2D eigenvalue weighted by Crippen LogP contribution is 2.34. The Labute approximate surface area is 165 Å². The SMILES string of the molecule is C[C@@H](NC(=O)COC(=O)c1cc(=O)c2ccccc2o1)c1ccc2c(c1)OCO2. The number of ether oxygens (including phenoxy) is 3. The van der Waals surface area contributed by atoms with Crippen molar-refractivity contribution in [2.75, 3.05) is 13.4 Å². The number of para-hydroxylation sites is 1. The lowest BCUT2D eigenvalue weighted by atomic mass is 10.1. The summed E-state index contributed by atoms with van der Waals surface area (Å²) in [5.74, 6) is -0.379. The summed E-state index contributed by atoms with van der Waals surface area (Å²) in [7, 11) is 0. The molecular weight excluding hydrogens is 378 g/mol. The van der Waals surface area contributed by atoms with Gasteiger partial charge in [0.2, 0.25) is 12.6 Å². The lowest BCUT2D eigenvalue weighted by molar-refractivity contribution is -0.124. The largest absolute Gasteiger partial charge is 0.454 e. The molecular formula is C21H17NO7. The Balaban J connectivity index is 1.37. The van der Waals surface area contributed by atoms with Crippen molar-refractivity contribution in [2.24, 2.45) is 0 Å². The van der Waals surface area contributed by atoms with Gasteiger partial charge in [-0.1, -0.05) is 18.2 Å². The van der Waals surface area contributed by atoms with Crippen LogP contribution in [0.4, 0.5) is 0 Å². The summed E-state index contributed by atoms with van der Waals surface area (Å²) in [6, 6.07) is 12.6. The smallest absolute Gasteiger partial charge is 0.374 e. The van der Waals surface area contributed by atoms with Gasteiger partial charge in [-0.05, 0) is 36.8 Å². The fraction of sp³-hybridized carbons (Fsp3) is 0.190. The van der Waals surface area contributed by atoms with Gasteiger partial charge < -0.3 is 23.9 Å². The molecule has 0 radical (unpaired) electrons. The van der Waals surface area contributed by atoms with Gasteiger partial charge in [-0.15, -0.1) is 0 Å². The zero-order chi connectivity index (χ0) is 20.4. The van der Waals surface area contributed by atoms with E-state index < -0.39 is 18.5 Å².